The maximum absolute atomic E-state index is 11.9. The maximum atomic E-state index is 11.9. The Bertz CT molecular complexity index is 692. The number of anilines is 1. The summed E-state index contributed by atoms with van der Waals surface area (Å²) in [6.45, 7) is 0.286. The molecule has 2 rings (SSSR count). The van der Waals surface area contributed by atoms with Crippen LogP contribution in [-0.2, 0) is 10.0 Å². The molecule has 1 saturated carbocycles. The Morgan fingerprint density at radius 3 is 2.77 bits per heavy atom. The molecule has 0 spiro atoms. The lowest BCUT2D eigenvalue weighted by atomic mass is 10.2. The van der Waals surface area contributed by atoms with E-state index in [1.165, 1.54) is 10.4 Å². The molecule has 0 atom stereocenters. The number of nitriles is 1. The largest absolute Gasteiger partial charge is 0.336 e. The number of hydrogen-bond donors (Lipinski definition) is 2. The lowest BCUT2D eigenvalue weighted by Gasteiger charge is -2.22. The van der Waals surface area contributed by atoms with E-state index in [-0.39, 0.29) is 25.2 Å². The first-order valence-electron chi connectivity index (χ1n) is 6.92. The molecular formula is C14H18N4O3S. The van der Waals surface area contributed by atoms with Crippen LogP contribution >= 0.6 is 0 Å². The van der Waals surface area contributed by atoms with Gasteiger partial charge in [0, 0.05) is 12.6 Å². The monoisotopic (exact) mass is 322 g/mol. The molecule has 0 aromatic heterocycles. The molecular weight excluding hydrogens is 304 g/mol. The Hall–Kier alpha value is -2.27. The third-order valence-corrected chi connectivity index (χ3v) is 4.37. The van der Waals surface area contributed by atoms with Crippen molar-refractivity contribution in [2.45, 2.75) is 18.9 Å². The van der Waals surface area contributed by atoms with Crippen molar-refractivity contribution in [3.05, 3.63) is 29.8 Å². The molecule has 1 aromatic rings. The number of urea groups is 1. The first kappa shape index (κ1) is 16.1. The number of amides is 2. The maximum Gasteiger partial charge on any atom is 0.315 e. The predicted octanol–water partition coefficient (Wildman–Crippen LogP) is 0.786. The van der Waals surface area contributed by atoms with Crippen molar-refractivity contribution in [3.63, 3.8) is 0 Å². The van der Waals surface area contributed by atoms with Crippen molar-refractivity contribution in [2.75, 3.05) is 23.7 Å². The van der Waals surface area contributed by atoms with Crippen molar-refractivity contribution >= 4 is 21.7 Å². The summed E-state index contributed by atoms with van der Waals surface area (Å²) in [7, 11) is -3.50. The third-order valence-electron chi connectivity index (χ3n) is 3.18. The van der Waals surface area contributed by atoms with Gasteiger partial charge in [-0.2, -0.15) is 5.26 Å². The molecule has 0 radical (unpaired) electrons. The summed E-state index contributed by atoms with van der Waals surface area (Å²) >= 11 is 0. The molecule has 0 bridgehead atoms. The van der Waals surface area contributed by atoms with Gasteiger partial charge in [-0.3, -0.25) is 4.31 Å². The zero-order chi connectivity index (χ0) is 16.2. The molecule has 2 N–H and O–H groups in total. The van der Waals surface area contributed by atoms with Crippen LogP contribution in [-0.4, -0.2) is 39.8 Å². The smallest absolute Gasteiger partial charge is 0.315 e. The Kier molecular flexibility index (Phi) is 4.88. The number of sulfonamides is 1. The molecule has 0 heterocycles. The quantitative estimate of drug-likeness (QED) is 0.808. The van der Waals surface area contributed by atoms with Crippen molar-refractivity contribution < 1.29 is 13.2 Å². The molecule has 0 saturated heterocycles. The third kappa shape index (κ3) is 4.63. The van der Waals surface area contributed by atoms with Gasteiger partial charge in [0.15, 0.2) is 0 Å². The minimum atomic E-state index is -3.50. The fraction of sp³-hybridized carbons (Fsp3) is 0.429. The van der Waals surface area contributed by atoms with E-state index in [0.717, 1.165) is 19.1 Å². The lowest BCUT2D eigenvalue weighted by Crippen LogP contribution is -2.42. The molecule has 118 valence electrons. The van der Waals surface area contributed by atoms with Crippen LogP contribution < -0.4 is 14.9 Å². The highest BCUT2D eigenvalue weighted by Gasteiger charge is 2.23. The summed E-state index contributed by atoms with van der Waals surface area (Å²) in [6.07, 6.45) is 3.07. The number of carbonyl (C=O) groups excluding carboxylic acids is 1. The van der Waals surface area contributed by atoms with Gasteiger partial charge in [0.05, 0.1) is 30.1 Å². The predicted molar refractivity (Wildman–Crippen MR) is 82.9 cm³/mol. The van der Waals surface area contributed by atoms with E-state index >= 15 is 0 Å². The van der Waals surface area contributed by atoms with Crippen LogP contribution in [0.1, 0.15) is 18.4 Å². The van der Waals surface area contributed by atoms with Gasteiger partial charge in [-0.15, -0.1) is 0 Å². The first-order chi connectivity index (χ1) is 10.4. The summed E-state index contributed by atoms with van der Waals surface area (Å²) < 4.78 is 25.0. The fourth-order valence-corrected chi connectivity index (χ4v) is 2.87. The number of rotatable bonds is 6. The number of nitrogens with zero attached hydrogens (tertiary/aromatic N) is 2. The number of nitrogens with one attached hydrogen (secondary N) is 2. The van der Waals surface area contributed by atoms with Gasteiger partial charge in [-0.25, -0.2) is 13.2 Å². The number of carbonyl (C=O) groups is 1. The average molecular weight is 322 g/mol. The van der Waals surface area contributed by atoms with E-state index in [4.69, 9.17) is 5.26 Å². The number of hydrogen-bond acceptors (Lipinski definition) is 4. The van der Waals surface area contributed by atoms with Crippen molar-refractivity contribution in [2.24, 2.45) is 0 Å². The van der Waals surface area contributed by atoms with Crippen LogP contribution in [0.25, 0.3) is 0 Å². The Morgan fingerprint density at radius 2 is 2.18 bits per heavy atom. The minimum Gasteiger partial charge on any atom is -0.336 e. The second-order valence-corrected chi connectivity index (χ2v) is 7.08. The van der Waals surface area contributed by atoms with E-state index in [1.807, 2.05) is 6.07 Å². The van der Waals surface area contributed by atoms with Gasteiger partial charge in [-0.1, -0.05) is 6.07 Å². The molecule has 2 amide bonds. The van der Waals surface area contributed by atoms with E-state index in [9.17, 15) is 13.2 Å². The summed E-state index contributed by atoms with van der Waals surface area (Å²) in [5.41, 5.74) is 0.788. The Morgan fingerprint density at radius 1 is 1.45 bits per heavy atom. The van der Waals surface area contributed by atoms with Crippen LogP contribution in [0.15, 0.2) is 24.3 Å². The lowest BCUT2D eigenvalue weighted by molar-refractivity contribution is 0.241. The minimum absolute atomic E-state index is 0.103. The van der Waals surface area contributed by atoms with E-state index in [0.29, 0.717) is 11.3 Å². The van der Waals surface area contributed by atoms with Gasteiger partial charge < -0.3 is 10.6 Å². The van der Waals surface area contributed by atoms with Crippen molar-refractivity contribution in [1.29, 1.82) is 5.26 Å². The fourth-order valence-electron chi connectivity index (χ4n) is 1.95. The molecule has 1 aliphatic rings. The van der Waals surface area contributed by atoms with Crippen LogP contribution in [0.5, 0.6) is 0 Å². The van der Waals surface area contributed by atoms with E-state index < -0.39 is 10.0 Å². The van der Waals surface area contributed by atoms with Crippen LogP contribution in [0.3, 0.4) is 0 Å². The average Bonchev–Trinajstić information content (AvgIpc) is 3.26. The summed E-state index contributed by atoms with van der Waals surface area (Å²) in [6, 6.07) is 8.28. The van der Waals surface area contributed by atoms with Gasteiger partial charge >= 0.3 is 6.03 Å². The van der Waals surface area contributed by atoms with E-state index in [2.05, 4.69) is 10.6 Å². The molecule has 7 nitrogen and oxygen atoms in total. The summed E-state index contributed by atoms with van der Waals surface area (Å²) in [4.78, 5) is 11.5. The van der Waals surface area contributed by atoms with Gasteiger partial charge in [0.1, 0.15) is 0 Å². The van der Waals surface area contributed by atoms with Gasteiger partial charge in [0.25, 0.3) is 0 Å². The van der Waals surface area contributed by atoms with Crippen molar-refractivity contribution in [1.82, 2.24) is 10.6 Å². The molecule has 0 unspecified atom stereocenters. The first-order valence-corrected chi connectivity index (χ1v) is 8.77. The Labute approximate surface area is 130 Å². The molecule has 1 aliphatic carbocycles. The molecule has 8 heteroatoms. The highest BCUT2D eigenvalue weighted by atomic mass is 32.2. The second-order valence-electron chi connectivity index (χ2n) is 5.17. The SMILES string of the molecule is CS(=O)(=O)N(CCNC(=O)NC1CC1)c1cccc(C#N)c1. The van der Waals surface area contributed by atoms with Crippen LogP contribution in [0.4, 0.5) is 10.5 Å². The zero-order valence-corrected chi connectivity index (χ0v) is 13.1. The van der Waals surface area contributed by atoms with E-state index in [1.54, 1.807) is 18.2 Å². The highest BCUT2D eigenvalue weighted by molar-refractivity contribution is 7.92. The summed E-state index contributed by atoms with van der Waals surface area (Å²) in [5.74, 6) is 0. The molecule has 0 aliphatic heterocycles. The van der Waals surface area contributed by atoms with Crippen molar-refractivity contribution in [3.8, 4) is 6.07 Å². The zero-order valence-electron chi connectivity index (χ0n) is 12.2. The second kappa shape index (κ2) is 6.66. The molecule has 1 aromatic carbocycles. The topological polar surface area (TPSA) is 102 Å². The number of benzene rings is 1. The molecule has 22 heavy (non-hydrogen) atoms. The van der Waals surface area contributed by atoms with Crippen LogP contribution in [0, 0.1) is 11.3 Å². The highest BCUT2D eigenvalue weighted by Crippen LogP contribution is 2.19. The standard InChI is InChI=1S/C14H18N4O3S/c1-22(20,21)18(13-4-2-3-11(9-13)10-15)8-7-16-14(19)17-12-5-6-12/h2-4,9,12H,5-8H2,1H3,(H2,16,17,19). The molecule has 1 fully saturated rings. The Balaban J connectivity index is 2.00. The normalized spacial score (nSPS) is 14.0. The van der Waals surface area contributed by atoms with Gasteiger partial charge in [0.2, 0.25) is 10.0 Å². The van der Waals surface area contributed by atoms with Gasteiger partial charge in [-0.05, 0) is 31.0 Å². The summed E-state index contributed by atoms with van der Waals surface area (Å²) in [5, 5.41) is 14.3. The van der Waals surface area contributed by atoms with Crippen LogP contribution in [0.2, 0.25) is 0 Å².